The minimum absolute atomic E-state index is 0.111. The largest absolute Gasteiger partial charge is 0.380 e. The van der Waals surface area contributed by atoms with Gasteiger partial charge in [0.25, 0.3) is 0 Å². The third kappa shape index (κ3) is 2.91. The predicted octanol–water partition coefficient (Wildman–Crippen LogP) is 0.372. The van der Waals surface area contributed by atoms with Crippen LogP contribution in [0.5, 0.6) is 0 Å². The zero-order valence-corrected chi connectivity index (χ0v) is 8.58. The zero-order chi connectivity index (χ0) is 9.68. The van der Waals surface area contributed by atoms with E-state index in [0.29, 0.717) is 12.6 Å². The van der Waals surface area contributed by atoms with Crippen LogP contribution in [0, 0.1) is 0 Å². The molecule has 78 valence electrons. The number of likely N-dealkylation sites (N-methyl/N-ethyl adjacent to an activating group) is 1. The lowest BCUT2D eigenvalue weighted by Gasteiger charge is -2.34. The summed E-state index contributed by atoms with van der Waals surface area (Å²) in [5.74, 6) is 0. The standard InChI is InChI=1S/C9H19NO3/c1-4-10-7-6-13-9(12-3)5-8(7)11-2/h7-10H,4-6H2,1-3H3. The first kappa shape index (κ1) is 10.9. The van der Waals surface area contributed by atoms with Crippen molar-refractivity contribution in [1.82, 2.24) is 5.32 Å². The predicted molar refractivity (Wildman–Crippen MR) is 49.6 cm³/mol. The van der Waals surface area contributed by atoms with Crippen LogP contribution in [0.25, 0.3) is 0 Å². The van der Waals surface area contributed by atoms with Gasteiger partial charge in [0.1, 0.15) is 0 Å². The monoisotopic (exact) mass is 189 g/mol. The molecule has 1 N–H and O–H groups in total. The summed E-state index contributed by atoms with van der Waals surface area (Å²) >= 11 is 0. The van der Waals surface area contributed by atoms with E-state index in [4.69, 9.17) is 14.2 Å². The average Bonchev–Trinajstić information content (AvgIpc) is 2.19. The van der Waals surface area contributed by atoms with E-state index >= 15 is 0 Å². The van der Waals surface area contributed by atoms with Gasteiger partial charge < -0.3 is 19.5 Å². The van der Waals surface area contributed by atoms with Gasteiger partial charge in [-0.15, -0.1) is 0 Å². The van der Waals surface area contributed by atoms with Crippen LogP contribution in [-0.2, 0) is 14.2 Å². The Morgan fingerprint density at radius 3 is 2.69 bits per heavy atom. The van der Waals surface area contributed by atoms with Crippen molar-refractivity contribution in [3.63, 3.8) is 0 Å². The molecule has 0 amide bonds. The van der Waals surface area contributed by atoms with E-state index in [-0.39, 0.29) is 12.4 Å². The maximum absolute atomic E-state index is 5.46. The third-order valence-corrected chi connectivity index (χ3v) is 2.37. The van der Waals surface area contributed by atoms with E-state index < -0.39 is 0 Å². The molecule has 4 heteroatoms. The first-order valence-corrected chi connectivity index (χ1v) is 4.72. The number of hydrogen-bond donors (Lipinski definition) is 1. The Morgan fingerprint density at radius 1 is 1.38 bits per heavy atom. The van der Waals surface area contributed by atoms with Gasteiger partial charge in [-0.1, -0.05) is 6.92 Å². The van der Waals surface area contributed by atoms with E-state index in [1.165, 1.54) is 0 Å². The van der Waals surface area contributed by atoms with Crippen LogP contribution < -0.4 is 5.32 Å². The molecule has 13 heavy (non-hydrogen) atoms. The molecule has 1 fully saturated rings. The van der Waals surface area contributed by atoms with Crippen molar-refractivity contribution in [1.29, 1.82) is 0 Å². The number of hydrogen-bond acceptors (Lipinski definition) is 4. The Morgan fingerprint density at radius 2 is 2.15 bits per heavy atom. The molecule has 0 radical (unpaired) electrons. The molecule has 1 aliphatic heterocycles. The van der Waals surface area contributed by atoms with Gasteiger partial charge in [0.05, 0.1) is 18.8 Å². The van der Waals surface area contributed by atoms with Crippen molar-refractivity contribution in [2.75, 3.05) is 27.4 Å². The number of ether oxygens (including phenoxy) is 3. The minimum Gasteiger partial charge on any atom is -0.380 e. The summed E-state index contributed by atoms with van der Waals surface area (Å²) in [5, 5.41) is 3.32. The SMILES string of the molecule is CCNC1COC(OC)CC1OC. The van der Waals surface area contributed by atoms with Crippen LogP contribution in [0.15, 0.2) is 0 Å². The molecule has 0 bridgehead atoms. The highest BCUT2D eigenvalue weighted by atomic mass is 16.7. The summed E-state index contributed by atoms with van der Waals surface area (Å²) in [6, 6.07) is 0.293. The van der Waals surface area contributed by atoms with Crippen LogP contribution in [-0.4, -0.2) is 45.8 Å². The number of rotatable bonds is 4. The van der Waals surface area contributed by atoms with E-state index in [1.807, 2.05) is 0 Å². The van der Waals surface area contributed by atoms with Gasteiger partial charge in [0.2, 0.25) is 0 Å². The van der Waals surface area contributed by atoms with Crippen LogP contribution in [0.3, 0.4) is 0 Å². The summed E-state index contributed by atoms with van der Waals surface area (Å²) < 4.78 is 15.9. The first-order valence-electron chi connectivity index (χ1n) is 4.72. The van der Waals surface area contributed by atoms with Gasteiger partial charge in [-0.05, 0) is 6.54 Å². The zero-order valence-electron chi connectivity index (χ0n) is 8.58. The third-order valence-electron chi connectivity index (χ3n) is 2.37. The summed E-state index contributed by atoms with van der Waals surface area (Å²) in [7, 11) is 3.39. The second-order valence-corrected chi connectivity index (χ2v) is 3.17. The van der Waals surface area contributed by atoms with Crippen molar-refractivity contribution in [2.24, 2.45) is 0 Å². The number of methoxy groups -OCH3 is 2. The highest BCUT2D eigenvalue weighted by Crippen LogP contribution is 2.17. The molecule has 1 aliphatic rings. The molecule has 0 aromatic rings. The van der Waals surface area contributed by atoms with Gasteiger partial charge in [0.15, 0.2) is 6.29 Å². The van der Waals surface area contributed by atoms with Gasteiger partial charge in [-0.25, -0.2) is 0 Å². The Balaban J connectivity index is 2.40. The van der Waals surface area contributed by atoms with Crippen LogP contribution in [0.1, 0.15) is 13.3 Å². The molecule has 3 atom stereocenters. The molecule has 4 nitrogen and oxygen atoms in total. The minimum atomic E-state index is -0.111. The molecule has 3 unspecified atom stereocenters. The van der Waals surface area contributed by atoms with Crippen LogP contribution >= 0.6 is 0 Å². The van der Waals surface area contributed by atoms with E-state index in [2.05, 4.69) is 12.2 Å². The second-order valence-electron chi connectivity index (χ2n) is 3.17. The molecule has 1 saturated heterocycles. The van der Waals surface area contributed by atoms with Gasteiger partial charge in [0, 0.05) is 20.6 Å². The Labute approximate surface area is 79.5 Å². The lowest BCUT2D eigenvalue weighted by molar-refractivity contribution is -0.185. The summed E-state index contributed by atoms with van der Waals surface area (Å²) in [4.78, 5) is 0. The molecule has 1 heterocycles. The lowest BCUT2D eigenvalue weighted by atomic mass is 10.1. The molecule has 0 aromatic carbocycles. The van der Waals surface area contributed by atoms with Crippen molar-refractivity contribution in [3.8, 4) is 0 Å². The number of nitrogens with one attached hydrogen (secondary N) is 1. The first-order chi connectivity index (χ1) is 6.31. The average molecular weight is 189 g/mol. The van der Waals surface area contributed by atoms with Crippen LogP contribution in [0.4, 0.5) is 0 Å². The highest BCUT2D eigenvalue weighted by molar-refractivity contribution is 4.81. The summed E-state index contributed by atoms with van der Waals surface area (Å²) in [5.41, 5.74) is 0. The normalized spacial score (nSPS) is 34.8. The van der Waals surface area contributed by atoms with E-state index in [9.17, 15) is 0 Å². The van der Waals surface area contributed by atoms with Crippen molar-refractivity contribution in [2.45, 2.75) is 31.8 Å². The van der Waals surface area contributed by atoms with E-state index in [1.54, 1.807) is 14.2 Å². The van der Waals surface area contributed by atoms with Crippen molar-refractivity contribution in [3.05, 3.63) is 0 Å². The molecule has 0 saturated carbocycles. The summed E-state index contributed by atoms with van der Waals surface area (Å²) in [6.45, 7) is 3.67. The fourth-order valence-corrected chi connectivity index (χ4v) is 1.62. The van der Waals surface area contributed by atoms with Crippen LogP contribution in [0.2, 0.25) is 0 Å². The van der Waals surface area contributed by atoms with E-state index in [0.717, 1.165) is 13.0 Å². The Hall–Kier alpha value is -0.160. The Bertz CT molecular complexity index is 143. The Kier molecular flexibility index (Phi) is 4.66. The molecular formula is C9H19NO3. The fraction of sp³-hybridized carbons (Fsp3) is 1.00. The molecule has 0 aromatic heterocycles. The molecular weight excluding hydrogens is 170 g/mol. The summed E-state index contributed by atoms with van der Waals surface area (Å²) in [6.07, 6.45) is 0.878. The smallest absolute Gasteiger partial charge is 0.159 e. The topological polar surface area (TPSA) is 39.7 Å². The molecule has 1 rings (SSSR count). The second kappa shape index (κ2) is 5.54. The van der Waals surface area contributed by atoms with Gasteiger partial charge in [-0.2, -0.15) is 0 Å². The van der Waals surface area contributed by atoms with Crippen molar-refractivity contribution >= 4 is 0 Å². The maximum Gasteiger partial charge on any atom is 0.159 e. The molecule has 0 spiro atoms. The molecule has 0 aliphatic carbocycles. The lowest BCUT2D eigenvalue weighted by Crippen LogP contribution is -2.50. The van der Waals surface area contributed by atoms with Gasteiger partial charge >= 0.3 is 0 Å². The maximum atomic E-state index is 5.46. The quantitative estimate of drug-likeness (QED) is 0.693. The van der Waals surface area contributed by atoms with Gasteiger partial charge in [-0.3, -0.25) is 0 Å². The highest BCUT2D eigenvalue weighted by Gasteiger charge is 2.30. The van der Waals surface area contributed by atoms with Crippen molar-refractivity contribution < 1.29 is 14.2 Å². The fourth-order valence-electron chi connectivity index (χ4n) is 1.62.